The van der Waals surface area contributed by atoms with E-state index in [1.165, 1.54) is 54.8 Å². The summed E-state index contributed by atoms with van der Waals surface area (Å²) in [6.45, 7) is 5.16. The molecule has 1 fully saturated rings. The summed E-state index contributed by atoms with van der Waals surface area (Å²) in [7, 11) is 0. The van der Waals surface area contributed by atoms with E-state index >= 15 is 0 Å². The van der Waals surface area contributed by atoms with E-state index < -0.39 is 11.8 Å². The lowest BCUT2D eigenvalue weighted by atomic mass is 10.1. The summed E-state index contributed by atoms with van der Waals surface area (Å²) in [6.07, 6.45) is 5.37. The molecule has 32 heavy (non-hydrogen) atoms. The molecule has 10 heteroatoms. The van der Waals surface area contributed by atoms with Gasteiger partial charge in [0, 0.05) is 29.9 Å². The number of nitrogens with zero attached hydrogens (tertiary/aromatic N) is 4. The van der Waals surface area contributed by atoms with Gasteiger partial charge in [0.2, 0.25) is 12.2 Å². The third-order valence-electron chi connectivity index (χ3n) is 5.07. The average Bonchev–Trinajstić information content (AvgIpc) is 3.37. The lowest BCUT2D eigenvalue weighted by molar-refractivity contribution is 0.0175. The minimum atomic E-state index is -2.98. The minimum absolute atomic E-state index is 0.166. The number of benzene rings is 1. The van der Waals surface area contributed by atoms with E-state index in [-0.39, 0.29) is 16.9 Å². The van der Waals surface area contributed by atoms with Gasteiger partial charge in [0.25, 0.3) is 11.8 Å². The average molecular weight is 440 g/mol. The smallest absolute Gasteiger partial charge is 0.274 e. The van der Waals surface area contributed by atoms with Crippen LogP contribution >= 0.6 is 0 Å². The van der Waals surface area contributed by atoms with Crippen LogP contribution in [0.2, 0.25) is 0 Å². The van der Waals surface area contributed by atoms with Crippen molar-refractivity contribution in [2.75, 3.05) is 18.4 Å². The van der Waals surface area contributed by atoms with Crippen molar-refractivity contribution in [1.82, 2.24) is 24.8 Å². The first-order valence-corrected chi connectivity index (χ1v) is 10.1. The Morgan fingerprint density at radius 3 is 2.59 bits per heavy atom. The van der Waals surface area contributed by atoms with E-state index in [1.54, 1.807) is 6.07 Å². The quantitative estimate of drug-likeness (QED) is 0.497. The van der Waals surface area contributed by atoms with E-state index in [4.69, 9.17) is 4.52 Å². The van der Waals surface area contributed by atoms with Crippen molar-refractivity contribution in [1.29, 1.82) is 0 Å². The van der Waals surface area contributed by atoms with Crippen LogP contribution in [0, 0.1) is 6.92 Å². The van der Waals surface area contributed by atoms with Gasteiger partial charge >= 0.3 is 0 Å². The highest BCUT2D eigenvalue weighted by atomic mass is 19.3. The highest BCUT2D eigenvalue weighted by Gasteiger charge is 2.25. The summed E-state index contributed by atoms with van der Waals surface area (Å²) in [5.41, 5.74) is 2.41. The molecule has 1 aliphatic heterocycles. The molecular formula is C22H22F2N6O2. The third kappa shape index (κ3) is 4.65. The Morgan fingerprint density at radius 1 is 1.22 bits per heavy atom. The van der Waals surface area contributed by atoms with Crippen LogP contribution in [0.15, 0.2) is 53.6 Å². The van der Waals surface area contributed by atoms with Gasteiger partial charge in [0.1, 0.15) is 11.3 Å². The summed E-state index contributed by atoms with van der Waals surface area (Å²) in [5.74, 6) is -3.00. The molecule has 0 unspecified atom stereocenters. The Kier molecular flexibility index (Phi) is 5.95. The number of fused-ring (bicyclic) bond motifs is 1. The molecule has 166 valence electrons. The maximum absolute atomic E-state index is 13.5. The summed E-state index contributed by atoms with van der Waals surface area (Å²) in [4.78, 5) is 20.8. The molecule has 1 aliphatic rings. The lowest BCUT2D eigenvalue weighted by Crippen LogP contribution is -2.29. The second kappa shape index (κ2) is 8.83. The molecule has 0 aliphatic carbocycles. The number of nitrogens with one attached hydrogen (secondary N) is 2. The zero-order valence-electron chi connectivity index (χ0n) is 17.6. The Labute approximate surface area is 182 Å². The van der Waals surface area contributed by atoms with Crippen molar-refractivity contribution in [3.05, 3.63) is 65.9 Å². The normalized spacial score (nSPS) is 13.2. The van der Waals surface area contributed by atoms with Gasteiger partial charge in [0.15, 0.2) is 0 Å². The van der Waals surface area contributed by atoms with Crippen LogP contribution in [0.4, 0.5) is 14.5 Å². The monoisotopic (exact) mass is 440 g/mol. The number of alkyl halides is 2. The van der Waals surface area contributed by atoms with E-state index in [9.17, 15) is 13.6 Å². The SMILES string of the molecule is C1CNC1.Cc1ccc(-c2ncon2)cc1NC(=O)c1cnc2cc(C(C)(F)F)ccn12. The summed E-state index contributed by atoms with van der Waals surface area (Å²) in [6, 6.07) is 7.91. The summed E-state index contributed by atoms with van der Waals surface area (Å²) < 4.78 is 33.2. The number of hydrogen-bond acceptors (Lipinski definition) is 6. The van der Waals surface area contributed by atoms with Crippen LogP contribution in [0.5, 0.6) is 0 Å². The number of rotatable bonds is 4. The van der Waals surface area contributed by atoms with Crippen molar-refractivity contribution in [2.45, 2.75) is 26.2 Å². The molecular weight excluding hydrogens is 418 g/mol. The Bertz CT molecular complexity index is 1220. The number of anilines is 1. The van der Waals surface area contributed by atoms with Crippen LogP contribution in [-0.2, 0) is 5.92 Å². The predicted molar refractivity (Wildman–Crippen MR) is 115 cm³/mol. The van der Waals surface area contributed by atoms with Gasteiger partial charge in [-0.1, -0.05) is 17.3 Å². The number of carbonyl (C=O) groups is 1. The van der Waals surface area contributed by atoms with Crippen LogP contribution in [0.1, 0.15) is 35.0 Å². The van der Waals surface area contributed by atoms with Crippen molar-refractivity contribution in [2.24, 2.45) is 0 Å². The molecule has 1 saturated heterocycles. The fourth-order valence-corrected chi connectivity index (χ4v) is 2.98. The number of aryl methyl sites for hydroxylation is 1. The van der Waals surface area contributed by atoms with Crippen molar-refractivity contribution >= 4 is 17.2 Å². The topological polar surface area (TPSA) is 97.4 Å². The zero-order chi connectivity index (χ0) is 22.7. The summed E-state index contributed by atoms with van der Waals surface area (Å²) in [5, 5.41) is 9.71. The highest BCUT2D eigenvalue weighted by Crippen LogP contribution is 2.28. The van der Waals surface area contributed by atoms with E-state index in [2.05, 4.69) is 25.8 Å². The molecule has 8 nitrogen and oxygen atoms in total. The highest BCUT2D eigenvalue weighted by molar-refractivity contribution is 6.04. The maximum atomic E-state index is 13.5. The second-order valence-electron chi connectivity index (χ2n) is 7.52. The molecule has 5 rings (SSSR count). The first-order valence-electron chi connectivity index (χ1n) is 10.1. The van der Waals surface area contributed by atoms with Gasteiger partial charge in [-0.2, -0.15) is 4.98 Å². The molecule has 0 bridgehead atoms. The number of aromatic nitrogens is 4. The van der Waals surface area contributed by atoms with E-state index in [0.29, 0.717) is 17.1 Å². The third-order valence-corrected chi connectivity index (χ3v) is 5.07. The Balaban J connectivity index is 0.000000552. The summed E-state index contributed by atoms with van der Waals surface area (Å²) >= 11 is 0. The standard InChI is InChI=1S/C19H15F2N5O2.C3H7N/c1-11-3-4-12(17-23-10-28-25-17)7-14(11)24-18(27)15-9-22-16-8-13(19(2,20)21)5-6-26(15)16;1-2-4-3-1/h3-10H,1-2H3,(H,24,27);4H,1-3H2. The number of pyridine rings is 1. The fraction of sp³-hybridized carbons (Fsp3) is 0.273. The number of halogens is 2. The number of hydrogen-bond donors (Lipinski definition) is 2. The fourth-order valence-electron chi connectivity index (χ4n) is 2.98. The van der Waals surface area contributed by atoms with Gasteiger partial charge in [0.05, 0.1) is 6.20 Å². The minimum Gasteiger partial charge on any atom is -0.342 e. The number of carbonyl (C=O) groups excluding carboxylic acids is 1. The van der Waals surface area contributed by atoms with Crippen molar-refractivity contribution in [3.63, 3.8) is 0 Å². The van der Waals surface area contributed by atoms with Crippen LogP contribution in [-0.4, -0.2) is 38.5 Å². The number of amides is 1. The van der Waals surface area contributed by atoms with Gasteiger partial charge in [-0.05, 0) is 50.2 Å². The maximum Gasteiger partial charge on any atom is 0.274 e. The molecule has 4 aromatic rings. The van der Waals surface area contributed by atoms with Crippen LogP contribution < -0.4 is 10.6 Å². The van der Waals surface area contributed by atoms with Gasteiger partial charge in [-0.25, -0.2) is 13.8 Å². The van der Waals surface area contributed by atoms with Crippen molar-refractivity contribution < 1.29 is 18.1 Å². The van der Waals surface area contributed by atoms with Gasteiger partial charge in [-0.15, -0.1) is 0 Å². The Hall–Kier alpha value is -3.66. The molecule has 4 heterocycles. The first-order chi connectivity index (χ1) is 15.3. The first kappa shape index (κ1) is 21.6. The number of imidazole rings is 1. The molecule has 1 amide bonds. The van der Waals surface area contributed by atoms with Crippen LogP contribution in [0.25, 0.3) is 17.0 Å². The molecule has 2 N–H and O–H groups in total. The van der Waals surface area contributed by atoms with Gasteiger partial charge < -0.3 is 15.2 Å². The van der Waals surface area contributed by atoms with E-state index in [0.717, 1.165) is 12.5 Å². The van der Waals surface area contributed by atoms with Gasteiger partial charge in [-0.3, -0.25) is 9.20 Å². The molecule has 1 aromatic carbocycles. The Morgan fingerprint density at radius 2 is 1.97 bits per heavy atom. The molecule has 0 radical (unpaired) electrons. The lowest BCUT2D eigenvalue weighted by Gasteiger charge is -2.11. The van der Waals surface area contributed by atoms with E-state index in [1.807, 2.05) is 19.1 Å². The molecule has 0 spiro atoms. The largest absolute Gasteiger partial charge is 0.342 e. The molecule has 3 aromatic heterocycles. The predicted octanol–water partition coefficient (Wildman–Crippen LogP) is 4.04. The molecule has 0 saturated carbocycles. The molecule has 0 atom stereocenters. The van der Waals surface area contributed by atoms with Crippen molar-refractivity contribution in [3.8, 4) is 11.4 Å². The second-order valence-corrected chi connectivity index (χ2v) is 7.52. The van der Waals surface area contributed by atoms with Crippen LogP contribution in [0.3, 0.4) is 0 Å². The zero-order valence-corrected chi connectivity index (χ0v) is 17.6.